The highest BCUT2D eigenvalue weighted by Gasteiger charge is 2.49. The third kappa shape index (κ3) is 12.3. The van der Waals surface area contributed by atoms with Crippen LogP contribution in [-0.4, -0.2) is 126 Å². The second kappa shape index (κ2) is 20.9. The van der Waals surface area contributed by atoms with Gasteiger partial charge in [0.2, 0.25) is 15.9 Å². The zero-order valence-corrected chi connectivity index (χ0v) is 42.6. The first-order chi connectivity index (χ1) is 34.3. The second-order valence-corrected chi connectivity index (χ2v) is 24.0. The standard InChI is InChI=1S/C46H50ClF10N9O6S2/c1-44(2,73(4,69)70)11-10-29-6-7-30(31-8-9-33(47)38-40(31)65(24-45(52,53)54)61-42(38)66(74(5,71)72)43(68)63-14-12-62(3)13-15-63)39(58-29)34(18-25-16-27(50)20-28(51)17-25)59-36(67)23-64-35(22-49)37(32-19-26(32)21-48)41(60-64)46(55,56)57/h6-9,16-17,20,26,32,34H,10-15,18-19,21-24H2,1-5H3,(H,59,67)/t26?,32-,34-/m0/s1. The summed E-state index contributed by atoms with van der Waals surface area (Å²) in [4.78, 5) is 36.2. The first-order valence-corrected chi connectivity index (χ1v) is 26.9. The fourth-order valence-electron chi connectivity index (χ4n) is 8.90. The Balaban J connectivity index is 1.46. The summed E-state index contributed by atoms with van der Waals surface area (Å²) in [5, 5.41) is 9.31. The Morgan fingerprint density at radius 2 is 1.53 bits per heavy atom. The number of carbonyl (C=O) groups excluding carboxylic acids is 2. The van der Waals surface area contributed by atoms with E-state index in [1.165, 1.54) is 36.9 Å². The van der Waals surface area contributed by atoms with Crippen LogP contribution in [0.4, 0.5) is 54.5 Å². The second-order valence-electron chi connectivity index (χ2n) is 19.1. The molecule has 4 heterocycles. The molecule has 28 heteroatoms. The summed E-state index contributed by atoms with van der Waals surface area (Å²) in [6, 6.07) is 4.48. The Bertz CT molecular complexity index is 3180. The maximum absolute atomic E-state index is 14.9. The number of rotatable bonds is 17. The van der Waals surface area contributed by atoms with Gasteiger partial charge in [-0.3, -0.25) is 23.5 Å². The number of amides is 3. The van der Waals surface area contributed by atoms with Crippen LogP contribution in [0.1, 0.15) is 72.6 Å². The number of sulfonamides is 1. The topological polar surface area (TPSA) is 173 Å². The summed E-state index contributed by atoms with van der Waals surface area (Å²) >= 11 is 6.74. The van der Waals surface area contributed by atoms with E-state index in [-0.39, 0.29) is 69.8 Å². The molecule has 1 N–H and O–H groups in total. The largest absolute Gasteiger partial charge is 0.435 e. The lowest BCUT2D eigenvalue weighted by Crippen LogP contribution is -2.53. The van der Waals surface area contributed by atoms with Gasteiger partial charge in [-0.25, -0.2) is 34.8 Å². The highest BCUT2D eigenvalue weighted by atomic mass is 35.5. The van der Waals surface area contributed by atoms with Gasteiger partial charge in [-0.05, 0) is 88.2 Å². The summed E-state index contributed by atoms with van der Waals surface area (Å²) in [5.74, 6) is -6.13. The van der Waals surface area contributed by atoms with Crippen molar-refractivity contribution in [1.82, 2.24) is 39.7 Å². The SMILES string of the molecule is CN1CCN(C(=O)N(c2nn(CC(F)(F)F)c3c(-c4ccc(CCC(C)(C)S(C)(=O)=O)nc4[C@H](Cc4cc(F)cc(F)c4)NC(=O)Cn4nc(C(F)(F)F)c([C@H]5CC5CF)c4CF)ccc(Cl)c23)S(C)(=O)=O)CC1. The lowest BCUT2D eigenvalue weighted by atomic mass is 9.93. The van der Waals surface area contributed by atoms with Crippen molar-refractivity contribution in [2.24, 2.45) is 5.92 Å². The van der Waals surface area contributed by atoms with E-state index in [0.29, 0.717) is 34.8 Å². The van der Waals surface area contributed by atoms with E-state index < -0.39 is 145 Å². The molecule has 3 aromatic heterocycles. The Morgan fingerprint density at radius 1 is 0.892 bits per heavy atom. The third-order valence-corrected chi connectivity index (χ3v) is 16.7. The number of fused-ring (bicyclic) bond motifs is 1. The smallest absolute Gasteiger partial charge is 0.346 e. The zero-order chi connectivity index (χ0) is 54.6. The van der Waals surface area contributed by atoms with E-state index in [1.807, 2.05) is 4.90 Å². The molecule has 2 aliphatic rings. The van der Waals surface area contributed by atoms with Crippen molar-refractivity contribution in [2.75, 3.05) is 56.7 Å². The normalized spacial score (nSPS) is 17.5. The van der Waals surface area contributed by atoms with Gasteiger partial charge in [0.05, 0.1) is 51.0 Å². The summed E-state index contributed by atoms with van der Waals surface area (Å²) in [7, 11) is -6.67. The lowest BCUT2D eigenvalue weighted by Gasteiger charge is -2.34. The number of halogens is 11. The molecular formula is C46H50ClF10N9O6S2. The number of nitrogens with one attached hydrogen (secondary N) is 1. The number of aromatic nitrogens is 5. The average molecular weight is 1110 g/mol. The summed E-state index contributed by atoms with van der Waals surface area (Å²) < 4.78 is 198. The Kier molecular flexibility index (Phi) is 15.9. The molecule has 2 aromatic carbocycles. The van der Waals surface area contributed by atoms with Gasteiger partial charge < -0.3 is 15.1 Å². The van der Waals surface area contributed by atoms with Crippen LogP contribution < -0.4 is 9.62 Å². The highest BCUT2D eigenvalue weighted by molar-refractivity contribution is 7.93. The lowest BCUT2D eigenvalue weighted by molar-refractivity contribution is -0.142. The summed E-state index contributed by atoms with van der Waals surface area (Å²) in [5.41, 5.74) is -4.17. The van der Waals surface area contributed by atoms with Crippen LogP contribution in [-0.2, 0) is 63.4 Å². The molecule has 1 saturated carbocycles. The van der Waals surface area contributed by atoms with E-state index in [4.69, 9.17) is 16.6 Å². The molecule has 0 bridgehead atoms. The van der Waals surface area contributed by atoms with Crippen molar-refractivity contribution < 1.29 is 70.3 Å². The Hall–Kier alpha value is -5.54. The molecule has 0 radical (unpaired) electrons. The molecule has 74 heavy (non-hydrogen) atoms. The van der Waals surface area contributed by atoms with E-state index in [1.54, 1.807) is 7.05 Å². The number of sulfone groups is 1. The number of carbonyl (C=O) groups is 2. The molecule has 3 atom stereocenters. The van der Waals surface area contributed by atoms with Gasteiger partial charge in [0.25, 0.3) is 0 Å². The predicted molar refractivity (Wildman–Crippen MR) is 253 cm³/mol. The van der Waals surface area contributed by atoms with E-state index in [2.05, 4.69) is 15.5 Å². The van der Waals surface area contributed by atoms with Crippen molar-refractivity contribution >= 4 is 60.1 Å². The van der Waals surface area contributed by atoms with Crippen molar-refractivity contribution in [2.45, 2.75) is 88.4 Å². The third-order valence-electron chi connectivity index (χ3n) is 13.2. The molecule has 404 valence electrons. The predicted octanol–water partition coefficient (Wildman–Crippen LogP) is 8.34. The molecule has 3 amide bonds. The summed E-state index contributed by atoms with van der Waals surface area (Å²) in [6.45, 7) is -2.07. The van der Waals surface area contributed by atoms with Gasteiger partial charge in [0, 0.05) is 60.9 Å². The molecule has 7 rings (SSSR count). The first-order valence-electron chi connectivity index (χ1n) is 22.8. The van der Waals surface area contributed by atoms with E-state index in [9.17, 15) is 70.3 Å². The Labute approximate surface area is 423 Å². The number of anilines is 1. The summed E-state index contributed by atoms with van der Waals surface area (Å²) in [6.07, 6.45) is -9.47. The van der Waals surface area contributed by atoms with Gasteiger partial charge in [0.15, 0.2) is 21.3 Å². The van der Waals surface area contributed by atoms with Crippen molar-refractivity contribution in [3.8, 4) is 11.1 Å². The van der Waals surface area contributed by atoms with Gasteiger partial charge in [-0.1, -0.05) is 23.7 Å². The molecule has 1 aliphatic heterocycles. The number of pyridine rings is 1. The van der Waals surface area contributed by atoms with Gasteiger partial charge in [-0.15, -0.1) is 0 Å². The molecule has 0 spiro atoms. The minimum Gasteiger partial charge on any atom is -0.346 e. The molecular weight excluding hydrogens is 1060 g/mol. The Morgan fingerprint density at radius 3 is 2.08 bits per heavy atom. The van der Waals surface area contributed by atoms with Crippen LogP contribution in [0.5, 0.6) is 0 Å². The number of nitrogens with zero attached hydrogens (tertiary/aromatic N) is 8. The van der Waals surface area contributed by atoms with Crippen molar-refractivity contribution in [3.05, 3.63) is 93.0 Å². The van der Waals surface area contributed by atoms with E-state index in [0.717, 1.165) is 24.5 Å². The van der Waals surface area contributed by atoms with Crippen LogP contribution in [0.3, 0.4) is 0 Å². The number of hydrogen-bond donors (Lipinski definition) is 1. The molecule has 15 nitrogen and oxygen atoms in total. The number of piperazine rings is 1. The number of aryl methyl sites for hydroxylation is 1. The fourth-order valence-corrected chi connectivity index (χ4v) is 10.4. The molecule has 2 fully saturated rings. The quantitative estimate of drug-likeness (QED) is 0.0893. The van der Waals surface area contributed by atoms with E-state index >= 15 is 0 Å². The molecule has 1 unspecified atom stereocenters. The van der Waals surface area contributed by atoms with Gasteiger partial charge in [0.1, 0.15) is 31.4 Å². The van der Waals surface area contributed by atoms with Crippen LogP contribution in [0.2, 0.25) is 5.02 Å². The first kappa shape index (κ1) is 56.2. The monoisotopic (exact) mass is 1110 g/mol. The van der Waals surface area contributed by atoms with Gasteiger partial charge in [-0.2, -0.15) is 40.8 Å². The minimum absolute atomic E-state index is 0.0207. The van der Waals surface area contributed by atoms with Gasteiger partial charge >= 0.3 is 18.4 Å². The number of likely N-dealkylation sites (N-methyl/N-ethyl adjacent to an activating group) is 1. The maximum Gasteiger partial charge on any atom is 0.435 e. The van der Waals surface area contributed by atoms with Crippen LogP contribution in [0, 0.1) is 17.6 Å². The maximum atomic E-state index is 14.9. The molecule has 5 aromatic rings. The number of hydrogen-bond acceptors (Lipinski definition) is 10. The number of urea groups is 1. The molecule has 1 saturated heterocycles. The van der Waals surface area contributed by atoms with Crippen molar-refractivity contribution in [3.63, 3.8) is 0 Å². The average Bonchev–Trinajstić information content (AvgIpc) is 3.84. The minimum atomic E-state index is -5.17. The van der Waals surface area contributed by atoms with Crippen LogP contribution >= 0.6 is 11.6 Å². The molecule has 1 aliphatic carbocycles. The van der Waals surface area contributed by atoms with Crippen LogP contribution in [0.25, 0.3) is 22.0 Å². The zero-order valence-electron chi connectivity index (χ0n) is 40.3. The fraction of sp³-hybridized carbons (Fsp3) is 0.500. The number of alkyl halides is 8. The van der Waals surface area contributed by atoms with Crippen molar-refractivity contribution in [1.29, 1.82) is 0 Å². The number of benzene rings is 2. The highest BCUT2D eigenvalue weighted by Crippen LogP contribution is 2.52. The van der Waals surface area contributed by atoms with Crippen LogP contribution in [0.15, 0.2) is 42.5 Å².